The molecule has 0 aromatic heterocycles. The van der Waals surface area contributed by atoms with Crippen molar-refractivity contribution in [3.63, 3.8) is 0 Å². The van der Waals surface area contributed by atoms with E-state index < -0.39 is 11.6 Å². The minimum Gasteiger partial charge on any atom is -0.454 e. The van der Waals surface area contributed by atoms with Crippen molar-refractivity contribution >= 4 is 5.69 Å². The SMILES string of the molecule is Cc1ccccc1-c1cc(N)ccc1Oc1ccc(F)cc1F. The number of nitrogen functional groups attached to an aromatic ring is 1. The molecular formula is C19H15F2NO. The fourth-order valence-electron chi connectivity index (χ4n) is 2.40. The predicted octanol–water partition coefficient (Wildman–Crippen LogP) is 5.31. The summed E-state index contributed by atoms with van der Waals surface area (Å²) >= 11 is 0. The number of benzene rings is 3. The van der Waals surface area contributed by atoms with Gasteiger partial charge in [-0.05, 0) is 48.4 Å². The molecule has 0 unspecified atom stereocenters. The molecule has 0 saturated carbocycles. The molecule has 2 nitrogen and oxygen atoms in total. The van der Waals surface area contributed by atoms with Crippen molar-refractivity contribution in [2.75, 3.05) is 5.73 Å². The first-order valence-corrected chi connectivity index (χ1v) is 7.13. The molecule has 2 N–H and O–H groups in total. The van der Waals surface area contributed by atoms with Gasteiger partial charge in [0, 0.05) is 17.3 Å². The normalized spacial score (nSPS) is 10.6. The molecule has 4 heteroatoms. The van der Waals surface area contributed by atoms with Crippen LogP contribution in [0.4, 0.5) is 14.5 Å². The fourth-order valence-corrected chi connectivity index (χ4v) is 2.40. The molecule has 0 spiro atoms. The highest BCUT2D eigenvalue weighted by atomic mass is 19.1. The van der Waals surface area contributed by atoms with Gasteiger partial charge in [0.2, 0.25) is 0 Å². The van der Waals surface area contributed by atoms with E-state index in [2.05, 4.69) is 0 Å². The number of hydrogen-bond acceptors (Lipinski definition) is 2. The van der Waals surface area contributed by atoms with Crippen LogP contribution in [0.15, 0.2) is 60.7 Å². The van der Waals surface area contributed by atoms with E-state index in [1.807, 2.05) is 31.2 Å². The summed E-state index contributed by atoms with van der Waals surface area (Å²) < 4.78 is 32.5. The highest BCUT2D eigenvalue weighted by Gasteiger charge is 2.12. The second-order valence-electron chi connectivity index (χ2n) is 5.25. The van der Waals surface area contributed by atoms with Crippen molar-refractivity contribution < 1.29 is 13.5 Å². The van der Waals surface area contributed by atoms with E-state index in [0.717, 1.165) is 28.8 Å². The highest BCUT2D eigenvalue weighted by Crippen LogP contribution is 2.37. The monoisotopic (exact) mass is 311 g/mol. The lowest BCUT2D eigenvalue weighted by Gasteiger charge is -2.14. The molecule has 0 aliphatic heterocycles. The van der Waals surface area contributed by atoms with E-state index in [1.165, 1.54) is 6.07 Å². The van der Waals surface area contributed by atoms with Crippen LogP contribution in [0.5, 0.6) is 11.5 Å². The zero-order valence-electron chi connectivity index (χ0n) is 12.5. The zero-order chi connectivity index (χ0) is 16.4. The van der Waals surface area contributed by atoms with E-state index in [0.29, 0.717) is 11.4 Å². The molecule has 0 aliphatic rings. The summed E-state index contributed by atoms with van der Waals surface area (Å²) in [6, 6.07) is 16.1. The molecule has 0 saturated heterocycles. The van der Waals surface area contributed by atoms with Gasteiger partial charge in [-0.25, -0.2) is 8.78 Å². The van der Waals surface area contributed by atoms with Crippen molar-refractivity contribution in [1.29, 1.82) is 0 Å². The summed E-state index contributed by atoms with van der Waals surface area (Å²) in [6.45, 7) is 1.97. The minimum atomic E-state index is -0.752. The number of nitrogens with two attached hydrogens (primary N) is 1. The van der Waals surface area contributed by atoms with Crippen molar-refractivity contribution in [3.8, 4) is 22.6 Å². The maximum Gasteiger partial charge on any atom is 0.168 e. The van der Waals surface area contributed by atoms with Gasteiger partial charge in [0.05, 0.1) is 0 Å². The fraction of sp³-hybridized carbons (Fsp3) is 0.0526. The predicted molar refractivity (Wildman–Crippen MR) is 87.5 cm³/mol. The Morgan fingerprint density at radius 1 is 0.826 bits per heavy atom. The number of rotatable bonds is 3. The summed E-state index contributed by atoms with van der Waals surface area (Å²) in [5, 5.41) is 0. The van der Waals surface area contributed by atoms with Crippen molar-refractivity contribution in [1.82, 2.24) is 0 Å². The topological polar surface area (TPSA) is 35.2 Å². The minimum absolute atomic E-state index is 0.0361. The van der Waals surface area contributed by atoms with Crippen LogP contribution in [-0.2, 0) is 0 Å². The summed E-state index contributed by atoms with van der Waals surface area (Å²) in [7, 11) is 0. The quantitative estimate of drug-likeness (QED) is 0.665. The molecule has 3 rings (SSSR count). The number of halogens is 2. The summed E-state index contributed by atoms with van der Waals surface area (Å²) in [5.74, 6) is -0.978. The van der Waals surface area contributed by atoms with Gasteiger partial charge in [0.25, 0.3) is 0 Å². The molecule has 116 valence electrons. The molecule has 23 heavy (non-hydrogen) atoms. The first-order valence-electron chi connectivity index (χ1n) is 7.13. The number of ether oxygens (including phenoxy) is 1. The molecule has 0 heterocycles. The van der Waals surface area contributed by atoms with Gasteiger partial charge in [-0.3, -0.25) is 0 Å². The molecule has 0 aliphatic carbocycles. The maximum absolute atomic E-state index is 13.8. The lowest BCUT2D eigenvalue weighted by molar-refractivity contribution is 0.439. The Balaban J connectivity index is 2.08. The first-order chi connectivity index (χ1) is 11.0. The smallest absolute Gasteiger partial charge is 0.168 e. The van der Waals surface area contributed by atoms with Gasteiger partial charge in [-0.1, -0.05) is 24.3 Å². The second kappa shape index (κ2) is 6.08. The number of aryl methyl sites for hydroxylation is 1. The largest absolute Gasteiger partial charge is 0.454 e. The van der Waals surface area contributed by atoms with Crippen LogP contribution in [0.3, 0.4) is 0 Å². The third kappa shape index (κ3) is 3.16. The Kier molecular flexibility index (Phi) is 3.98. The van der Waals surface area contributed by atoms with Gasteiger partial charge in [0.15, 0.2) is 11.6 Å². The number of anilines is 1. The Morgan fingerprint density at radius 3 is 2.30 bits per heavy atom. The molecule has 3 aromatic rings. The average molecular weight is 311 g/mol. The van der Waals surface area contributed by atoms with Crippen LogP contribution in [0, 0.1) is 18.6 Å². The summed E-state index contributed by atoms with van der Waals surface area (Å²) in [6.07, 6.45) is 0. The van der Waals surface area contributed by atoms with Crippen molar-refractivity contribution in [2.45, 2.75) is 6.92 Å². The molecule has 0 bridgehead atoms. The van der Waals surface area contributed by atoms with Gasteiger partial charge >= 0.3 is 0 Å². The van der Waals surface area contributed by atoms with Crippen LogP contribution in [0.2, 0.25) is 0 Å². The van der Waals surface area contributed by atoms with E-state index in [4.69, 9.17) is 10.5 Å². The highest BCUT2D eigenvalue weighted by molar-refractivity contribution is 5.76. The maximum atomic E-state index is 13.8. The van der Waals surface area contributed by atoms with E-state index >= 15 is 0 Å². The Bertz CT molecular complexity index is 862. The molecule has 0 radical (unpaired) electrons. The lowest BCUT2D eigenvalue weighted by atomic mass is 9.99. The molecular weight excluding hydrogens is 296 g/mol. The molecule has 0 amide bonds. The molecule has 0 atom stereocenters. The Hall–Kier alpha value is -2.88. The zero-order valence-corrected chi connectivity index (χ0v) is 12.5. The third-order valence-electron chi connectivity index (χ3n) is 3.55. The third-order valence-corrected chi connectivity index (χ3v) is 3.55. The summed E-state index contributed by atoms with van der Waals surface area (Å²) in [5.41, 5.74) is 9.20. The lowest BCUT2D eigenvalue weighted by Crippen LogP contribution is -1.95. The van der Waals surface area contributed by atoms with E-state index in [1.54, 1.807) is 18.2 Å². The van der Waals surface area contributed by atoms with Crippen LogP contribution >= 0.6 is 0 Å². The van der Waals surface area contributed by atoms with Crippen LogP contribution in [0.25, 0.3) is 11.1 Å². The number of hydrogen-bond donors (Lipinski definition) is 1. The van der Waals surface area contributed by atoms with Crippen LogP contribution in [0.1, 0.15) is 5.56 Å². The molecule has 3 aromatic carbocycles. The van der Waals surface area contributed by atoms with Gasteiger partial charge < -0.3 is 10.5 Å². The Morgan fingerprint density at radius 2 is 1.57 bits per heavy atom. The standard InChI is InChI=1S/C19H15F2NO/c1-12-4-2-3-5-15(12)16-11-14(22)7-9-18(16)23-19-8-6-13(20)10-17(19)21/h2-11H,22H2,1H3. The van der Waals surface area contributed by atoms with Gasteiger partial charge in [0.1, 0.15) is 11.6 Å². The van der Waals surface area contributed by atoms with Gasteiger partial charge in [-0.15, -0.1) is 0 Å². The molecule has 0 fully saturated rings. The summed E-state index contributed by atoms with van der Waals surface area (Å²) in [4.78, 5) is 0. The van der Waals surface area contributed by atoms with Crippen molar-refractivity contribution in [2.24, 2.45) is 0 Å². The van der Waals surface area contributed by atoms with Crippen LogP contribution in [-0.4, -0.2) is 0 Å². The first kappa shape index (κ1) is 15.0. The van der Waals surface area contributed by atoms with E-state index in [9.17, 15) is 8.78 Å². The Labute approximate surface area is 133 Å². The second-order valence-corrected chi connectivity index (χ2v) is 5.25. The van der Waals surface area contributed by atoms with Crippen LogP contribution < -0.4 is 10.5 Å². The van der Waals surface area contributed by atoms with Crippen molar-refractivity contribution in [3.05, 3.63) is 77.9 Å². The average Bonchev–Trinajstić information content (AvgIpc) is 2.52. The van der Waals surface area contributed by atoms with E-state index in [-0.39, 0.29) is 5.75 Å². The van der Waals surface area contributed by atoms with Gasteiger partial charge in [-0.2, -0.15) is 0 Å².